The highest BCUT2D eigenvalue weighted by molar-refractivity contribution is 7.99. The van der Waals surface area contributed by atoms with E-state index in [0.29, 0.717) is 5.37 Å². The Balaban J connectivity index is 2.04. The van der Waals surface area contributed by atoms with Crippen LogP contribution < -0.4 is 0 Å². The first-order valence-electron chi connectivity index (χ1n) is 4.94. The molecule has 1 aliphatic rings. The van der Waals surface area contributed by atoms with Crippen LogP contribution in [0.2, 0.25) is 0 Å². The molecule has 3 heteroatoms. The topological polar surface area (TPSA) is 12.5 Å². The second-order valence-electron chi connectivity index (χ2n) is 4.11. The smallest absolute Gasteiger partial charge is 0.0657 e. The van der Waals surface area contributed by atoms with Gasteiger partial charge in [-0.25, -0.2) is 0 Å². The molecule has 1 rings (SSSR count). The van der Waals surface area contributed by atoms with Crippen molar-refractivity contribution in [3.63, 3.8) is 0 Å². The molecule has 0 aromatic carbocycles. The van der Waals surface area contributed by atoms with Gasteiger partial charge >= 0.3 is 0 Å². The van der Waals surface area contributed by atoms with Crippen molar-refractivity contribution in [1.82, 2.24) is 4.90 Å². The summed E-state index contributed by atoms with van der Waals surface area (Å²) < 4.78 is 5.75. The van der Waals surface area contributed by atoms with Gasteiger partial charge in [0.05, 0.1) is 17.6 Å². The van der Waals surface area contributed by atoms with Crippen molar-refractivity contribution in [3.05, 3.63) is 0 Å². The number of hydrogen-bond acceptors (Lipinski definition) is 3. The molecule has 78 valence electrons. The van der Waals surface area contributed by atoms with Crippen molar-refractivity contribution >= 4 is 11.8 Å². The van der Waals surface area contributed by atoms with E-state index in [1.54, 1.807) is 0 Å². The molecule has 0 saturated heterocycles. The van der Waals surface area contributed by atoms with Gasteiger partial charge in [0.25, 0.3) is 0 Å². The molecule has 0 N–H and O–H groups in total. The molecule has 1 atom stereocenters. The quantitative estimate of drug-likeness (QED) is 0.614. The average molecular weight is 203 g/mol. The van der Waals surface area contributed by atoms with Crippen LogP contribution in [0, 0.1) is 0 Å². The van der Waals surface area contributed by atoms with Gasteiger partial charge in [-0.1, -0.05) is 0 Å². The number of ether oxygens (including phenoxy) is 1. The third-order valence-electron chi connectivity index (χ3n) is 2.81. The lowest BCUT2D eigenvalue weighted by molar-refractivity contribution is 0.0340. The first-order valence-corrected chi connectivity index (χ1v) is 6.23. The lowest BCUT2D eigenvalue weighted by atomic mass is 10.4. The number of thioether (sulfide) groups is 1. The van der Waals surface area contributed by atoms with Crippen molar-refractivity contribution in [2.45, 2.75) is 37.7 Å². The van der Waals surface area contributed by atoms with Gasteiger partial charge in [0, 0.05) is 6.54 Å². The molecule has 0 aromatic heterocycles. The normalized spacial score (nSPS) is 21.9. The zero-order valence-electron chi connectivity index (χ0n) is 9.17. The highest BCUT2D eigenvalue weighted by Gasteiger charge is 2.38. The molecule has 0 heterocycles. The van der Waals surface area contributed by atoms with Gasteiger partial charge in [-0.05, 0) is 40.0 Å². The number of likely N-dealkylation sites (N-methyl/N-ethyl adjacent to an activating group) is 1. The number of nitrogens with zero attached hydrogens (tertiary/aromatic N) is 1. The Kier molecular flexibility index (Phi) is 4.07. The van der Waals surface area contributed by atoms with E-state index in [9.17, 15) is 0 Å². The third kappa shape index (κ3) is 3.88. The minimum atomic E-state index is 0.240. The number of rotatable bonds is 6. The second kappa shape index (κ2) is 4.67. The van der Waals surface area contributed by atoms with E-state index in [4.69, 9.17) is 4.74 Å². The van der Waals surface area contributed by atoms with Crippen molar-refractivity contribution in [2.24, 2.45) is 0 Å². The zero-order chi connectivity index (χ0) is 9.90. The Morgan fingerprint density at radius 2 is 2.15 bits per heavy atom. The summed E-state index contributed by atoms with van der Waals surface area (Å²) >= 11 is 1.88. The summed E-state index contributed by atoms with van der Waals surface area (Å²) in [5, 5.41) is 0.593. The molecule has 0 spiro atoms. The fraction of sp³-hybridized carbons (Fsp3) is 1.00. The summed E-state index contributed by atoms with van der Waals surface area (Å²) in [5.74, 6) is 0. The summed E-state index contributed by atoms with van der Waals surface area (Å²) in [7, 11) is 2.15. The van der Waals surface area contributed by atoms with E-state index in [1.807, 2.05) is 11.8 Å². The van der Waals surface area contributed by atoms with Crippen LogP contribution in [-0.2, 0) is 4.74 Å². The van der Waals surface area contributed by atoms with Gasteiger partial charge in [-0.3, -0.25) is 4.90 Å². The molecule has 13 heavy (non-hydrogen) atoms. The molecule has 2 nitrogen and oxygen atoms in total. The largest absolute Gasteiger partial charge is 0.374 e. The lowest BCUT2D eigenvalue weighted by Gasteiger charge is -2.23. The monoisotopic (exact) mass is 203 g/mol. The minimum absolute atomic E-state index is 0.240. The maximum Gasteiger partial charge on any atom is 0.0657 e. The van der Waals surface area contributed by atoms with E-state index in [1.165, 1.54) is 12.8 Å². The van der Waals surface area contributed by atoms with E-state index in [0.717, 1.165) is 13.2 Å². The third-order valence-corrected chi connectivity index (χ3v) is 3.85. The van der Waals surface area contributed by atoms with E-state index < -0.39 is 0 Å². The second-order valence-corrected chi connectivity index (χ2v) is 5.27. The van der Waals surface area contributed by atoms with E-state index in [-0.39, 0.29) is 5.60 Å². The van der Waals surface area contributed by atoms with Crippen LogP contribution in [0.4, 0.5) is 0 Å². The molecule has 0 radical (unpaired) electrons. The molecule has 0 aromatic rings. The fourth-order valence-electron chi connectivity index (χ4n) is 1.12. The Labute approximate surface area is 86.0 Å². The summed E-state index contributed by atoms with van der Waals surface area (Å²) in [6.07, 6.45) is 4.63. The molecule has 0 bridgehead atoms. The number of hydrogen-bond donors (Lipinski definition) is 0. The molecule has 1 fully saturated rings. The molecular weight excluding hydrogens is 182 g/mol. The Morgan fingerprint density at radius 3 is 2.62 bits per heavy atom. The maximum absolute atomic E-state index is 5.75. The molecule has 1 saturated carbocycles. The summed E-state index contributed by atoms with van der Waals surface area (Å²) in [4.78, 5) is 2.33. The molecule has 0 amide bonds. The van der Waals surface area contributed by atoms with Crippen LogP contribution in [0.5, 0.6) is 0 Å². The highest BCUT2D eigenvalue weighted by atomic mass is 32.2. The van der Waals surface area contributed by atoms with E-state index in [2.05, 4.69) is 32.1 Å². The first kappa shape index (κ1) is 11.3. The van der Waals surface area contributed by atoms with Crippen LogP contribution in [0.1, 0.15) is 26.7 Å². The van der Waals surface area contributed by atoms with Gasteiger partial charge in [-0.15, -0.1) is 11.8 Å². The van der Waals surface area contributed by atoms with Crippen LogP contribution in [-0.4, -0.2) is 42.3 Å². The lowest BCUT2D eigenvalue weighted by Crippen LogP contribution is -2.30. The van der Waals surface area contributed by atoms with Crippen molar-refractivity contribution < 1.29 is 4.74 Å². The van der Waals surface area contributed by atoms with Crippen LogP contribution in [0.3, 0.4) is 0 Å². The fourth-order valence-corrected chi connectivity index (χ4v) is 1.58. The molecule has 0 unspecified atom stereocenters. The van der Waals surface area contributed by atoms with Gasteiger partial charge in [0.2, 0.25) is 0 Å². The van der Waals surface area contributed by atoms with Gasteiger partial charge < -0.3 is 4.74 Å². The summed E-state index contributed by atoms with van der Waals surface area (Å²) in [5.41, 5.74) is 0.240. The van der Waals surface area contributed by atoms with Gasteiger partial charge in [-0.2, -0.15) is 0 Å². The minimum Gasteiger partial charge on any atom is -0.374 e. The van der Waals surface area contributed by atoms with Crippen LogP contribution in [0.15, 0.2) is 0 Å². The molecule has 1 aliphatic carbocycles. The average Bonchev–Trinajstić information content (AvgIpc) is 2.82. The SMILES string of the molecule is CS[C@@H](C)N(C)CCOC1(C)CC1. The maximum atomic E-state index is 5.75. The van der Waals surface area contributed by atoms with Crippen molar-refractivity contribution in [1.29, 1.82) is 0 Å². The Morgan fingerprint density at radius 1 is 1.54 bits per heavy atom. The van der Waals surface area contributed by atoms with E-state index >= 15 is 0 Å². The highest BCUT2D eigenvalue weighted by Crippen LogP contribution is 2.38. The van der Waals surface area contributed by atoms with Crippen LogP contribution >= 0.6 is 11.8 Å². The predicted molar refractivity (Wildman–Crippen MR) is 59.2 cm³/mol. The first-order chi connectivity index (χ1) is 6.07. The molecular formula is C10H21NOS. The van der Waals surface area contributed by atoms with Gasteiger partial charge in [0.1, 0.15) is 0 Å². The summed E-state index contributed by atoms with van der Waals surface area (Å²) in [6, 6.07) is 0. The standard InChI is InChI=1S/C10H21NOS/c1-9(13-4)11(3)7-8-12-10(2)5-6-10/h9H,5-8H2,1-4H3/t9-/m0/s1. The Hall–Kier alpha value is 0.270. The van der Waals surface area contributed by atoms with Crippen molar-refractivity contribution in [2.75, 3.05) is 26.5 Å². The zero-order valence-corrected chi connectivity index (χ0v) is 9.99. The van der Waals surface area contributed by atoms with Crippen LogP contribution in [0.25, 0.3) is 0 Å². The molecule has 0 aliphatic heterocycles. The van der Waals surface area contributed by atoms with Gasteiger partial charge in [0.15, 0.2) is 0 Å². The predicted octanol–water partition coefficient (Wildman–Crippen LogP) is 2.20. The Bertz CT molecular complexity index is 159. The summed E-state index contributed by atoms with van der Waals surface area (Å²) in [6.45, 7) is 6.34. The van der Waals surface area contributed by atoms with Crippen molar-refractivity contribution in [3.8, 4) is 0 Å².